The van der Waals surface area contributed by atoms with Crippen LogP contribution in [0.2, 0.25) is 0 Å². The van der Waals surface area contributed by atoms with Crippen LogP contribution in [0.3, 0.4) is 0 Å². The van der Waals surface area contributed by atoms with Crippen molar-refractivity contribution in [3.8, 4) is 0 Å². The Morgan fingerprint density at radius 1 is 0.725 bits per heavy atom. The van der Waals surface area contributed by atoms with E-state index in [9.17, 15) is 9.59 Å². The molecule has 1 aliphatic rings. The van der Waals surface area contributed by atoms with Crippen LogP contribution in [-0.4, -0.2) is 43.0 Å². The van der Waals surface area contributed by atoms with Crippen LogP contribution in [0.4, 0.5) is 0 Å². The SMILES string of the molecule is Cc1ccc(C(=O)N/C(C(=O)N2CCOCC2)=C(\Cl)[P+](c2ccccc2)(c2ccccc2)c2ccccc2)cc1. The number of morpholine rings is 1. The van der Waals surface area contributed by atoms with Crippen LogP contribution in [0, 0.1) is 6.92 Å². The maximum absolute atomic E-state index is 14.2. The summed E-state index contributed by atoms with van der Waals surface area (Å²) in [5, 5.41) is 5.91. The first-order valence-corrected chi connectivity index (χ1v) is 15.4. The number of benzene rings is 4. The standard InChI is InChI=1S/C33H30ClN2O3P/c1-25-17-19-26(20-18-25)32(37)35-30(33(38)36-21-23-39-24-22-36)31(34)40(27-11-5-2-6-12-27,28-13-7-3-8-14-28)29-15-9-4-10-16-29/h2-20H,21-24H2,1H3/p+1/b31-30+. The van der Waals surface area contributed by atoms with Gasteiger partial charge in [0.2, 0.25) is 4.77 Å². The molecule has 5 rings (SSSR count). The lowest BCUT2D eigenvalue weighted by molar-refractivity contribution is -0.131. The molecule has 0 bridgehead atoms. The molecule has 0 unspecified atom stereocenters. The predicted octanol–water partition coefficient (Wildman–Crippen LogP) is 4.99. The molecule has 1 N–H and O–H groups in total. The number of halogens is 1. The third-order valence-electron chi connectivity index (χ3n) is 7.00. The summed E-state index contributed by atoms with van der Waals surface area (Å²) in [6.45, 7) is 3.66. The molecular weight excluding hydrogens is 539 g/mol. The first-order chi connectivity index (χ1) is 19.5. The van der Waals surface area contributed by atoms with Crippen molar-refractivity contribution in [1.29, 1.82) is 0 Å². The molecule has 40 heavy (non-hydrogen) atoms. The average molecular weight is 570 g/mol. The lowest BCUT2D eigenvalue weighted by atomic mass is 10.1. The number of carbonyl (C=O) groups is 2. The van der Waals surface area contributed by atoms with E-state index in [0.717, 1.165) is 21.5 Å². The lowest BCUT2D eigenvalue weighted by Gasteiger charge is -2.31. The molecule has 4 aromatic carbocycles. The Balaban J connectivity index is 1.78. The Bertz CT molecular complexity index is 1390. The number of amides is 2. The van der Waals surface area contributed by atoms with Gasteiger partial charge in [-0.2, -0.15) is 0 Å². The lowest BCUT2D eigenvalue weighted by Crippen LogP contribution is -2.45. The van der Waals surface area contributed by atoms with Crippen molar-refractivity contribution >= 4 is 46.6 Å². The Kier molecular flexibility index (Phi) is 8.76. The quantitative estimate of drug-likeness (QED) is 0.252. The number of hydrogen-bond donors (Lipinski definition) is 1. The Labute approximate surface area is 240 Å². The zero-order chi connectivity index (χ0) is 28.0. The van der Waals surface area contributed by atoms with Gasteiger partial charge in [-0.3, -0.25) is 9.59 Å². The summed E-state index contributed by atoms with van der Waals surface area (Å²) in [5.41, 5.74) is 1.58. The molecule has 0 aliphatic carbocycles. The fourth-order valence-electron chi connectivity index (χ4n) is 4.92. The molecule has 1 aliphatic heterocycles. The topological polar surface area (TPSA) is 58.6 Å². The Hall–Kier alpha value is -3.76. The largest absolute Gasteiger partial charge is 0.378 e. The fraction of sp³-hybridized carbons (Fsp3) is 0.152. The van der Waals surface area contributed by atoms with Crippen LogP contribution in [0.15, 0.2) is 126 Å². The smallest absolute Gasteiger partial charge is 0.275 e. The van der Waals surface area contributed by atoms with Crippen LogP contribution in [-0.2, 0) is 9.53 Å². The zero-order valence-corrected chi connectivity index (χ0v) is 23.9. The van der Waals surface area contributed by atoms with E-state index in [1.165, 1.54) is 0 Å². The van der Waals surface area contributed by atoms with Gasteiger partial charge in [-0.1, -0.05) is 72.3 Å². The van der Waals surface area contributed by atoms with E-state index < -0.39 is 7.26 Å². The van der Waals surface area contributed by atoms with Gasteiger partial charge in [0.25, 0.3) is 11.8 Å². The molecule has 1 heterocycles. The number of nitrogens with one attached hydrogen (secondary N) is 1. The van der Waals surface area contributed by atoms with E-state index >= 15 is 0 Å². The predicted molar refractivity (Wildman–Crippen MR) is 164 cm³/mol. The van der Waals surface area contributed by atoms with Gasteiger partial charge in [-0.15, -0.1) is 0 Å². The van der Waals surface area contributed by atoms with E-state index in [4.69, 9.17) is 16.3 Å². The summed E-state index contributed by atoms with van der Waals surface area (Å²) in [6, 6.07) is 37.3. The van der Waals surface area contributed by atoms with Crippen molar-refractivity contribution in [2.24, 2.45) is 0 Å². The first kappa shape index (κ1) is 27.8. The molecule has 2 amide bonds. The third kappa shape index (κ3) is 5.59. The van der Waals surface area contributed by atoms with Gasteiger partial charge in [0.15, 0.2) is 13.0 Å². The molecule has 0 spiro atoms. The maximum Gasteiger partial charge on any atom is 0.275 e. The second-order valence-corrected chi connectivity index (χ2v) is 13.5. The van der Waals surface area contributed by atoms with Gasteiger partial charge in [-0.05, 0) is 67.1 Å². The highest BCUT2D eigenvalue weighted by Crippen LogP contribution is 2.64. The van der Waals surface area contributed by atoms with Crippen molar-refractivity contribution < 1.29 is 14.3 Å². The highest BCUT2D eigenvalue weighted by atomic mass is 35.5. The van der Waals surface area contributed by atoms with E-state index in [0.29, 0.717) is 36.6 Å². The van der Waals surface area contributed by atoms with E-state index in [2.05, 4.69) is 41.7 Å². The van der Waals surface area contributed by atoms with Crippen LogP contribution >= 0.6 is 18.9 Å². The highest BCUT2D eigenvalue weighted by Gasteiger charge is 2.52. The molecule has 4 aromatic rings. The molecule has 1 fully saturated rings. The number of ether oxygens (including phenoxy) is 1. The van der Waals surface area contributed by atoms with Crippen molar-refractivity contribution in [3.05, 3.63) is 137 Å². The maximum atomic E-state index is 14.2. The van der Waals surface area contributed by atoms with Gasteiger partial charge < -0.3 is 15.0 Å². The summed E-state index contributed by atoms with van der Waals surface area (Å²) < 4.78 is 5.83. The van der Waals surface area contributed by atoms with Crippen molar-refractivity contribution in [3.63, 3.8) is 0 Å². The summed E-state index contributed by atoms with van der Waals surface area (Å²) in [5.74, 6) is -0.706. The molecule has 5 nitrogen and oxygen atoms in total. The average Bonchev–Trinajstić information content (AvgIpc) is 3.02. The van der Waals surface area contributed by atoms with Gasteiger partial charge in [0.05, 0.1) is 13.2 Å². The summed E-state index contributed by atoms with van der Waals surface area (Å²) in [7, 11) is -2.81. The van der Waals surface area contributed by atoms with Crippen LogP contribution in [0.25, 0.3) is 0 Å². The number of carbonyl (C=O) groups excluding carboxylic acids is 2. The third-order valence-corrected chi connectivity index (χ3v) is 12.0. The molecule has 1 saturated heterocycles. The van der Waals surface area contributed by atoms with E-state index in [1.807, 2.05) is 73.7 Å². The number of aryl methyl sites for hydroxylation is 1. The molecular formula is C33H31ClN2O3P+. The summed E-state index contributed by atoms with van der Waals surface area (Å²) >= 11 is 7.58. The van der Waals surface area contributed by atoms with Crippen LogP contribution < -0.4 is 21.2 Å². The summed E-state index contributed by atoms with van der Waals surface area (Å²) in [4.78, 5) is 29.5. The second-order valence-electron chi connectivity index (χ2n) is 9.57. The highest BCUT2D eigenvalue weighted by molar-refractivity contribution is 8.00. The monoisotopic (exact) mass is 569 g/mol. The molecule has 0 saturated carbocycles. The van der Waals surface area contributed by atoms with Crippen molar-refractivity contribution in [2.45, 2.75) is 6.92 Å². The first-order valence-electron chi connectivity index (χ1n) is 13.2. The fourth-order valence-corrected chi connectivity index (χ4v) is 9.84. The number of hydrogen-bond acceptors (Lipinski definition) is 3. The normalized spacial score (nSPS) is 14.3. The minimum atomic E-state index is -2.81. The molecule has 0 radical (unpaired) electrons. The molecule has 0 atom stereocenters. The van der Waals surface area contributed by atoms with Gasteiger partial charge in [-0.25, -0.2) is 0 Å². The molecule has 7 heteroatoms. The van der Waals surface area contributed by atoms with Gasteiger partial charge in [0.1, 0.15) is 15.9 Å². The van der Waals surface area contributed by atoms with Crippen LogP contribution in [0.5, 0.6) is 0 Å². The number of rotatable bonds is 7. The Morgan fingerprint density at radius 3 is 1.62 bits per heavy atom. The minimum Gasteiger partial charge on any atom is -0.378 e. The second kappa shape index (κ2) is 12.6. The van der Waals surface area contributed by atoms with Crippen molar-refractivity contribution in [2.75, 3.05) is 26.3 Å². The van der Waals surface area contributed by atoms with Crippen LogP contribution in [0.1, 0.15) is 15.9 Å². The Morgan fingerprint density at radius 2 is 1.18 bits per heavy atom. The minimum absolute atomic E-state index is 0.0963. The zero-order valence-electron chi connectivity index (χ0n) is 22.3. The molecule has 0 aromatic heterocycles. The number of nitrogens with zero attached hydrogens (tertiary/aromatic N) is 1. The van der Waals surface area contributed by atoms with Gasteiger partial charge in [0, 0.05) is 18.7 Å². The summed E-state index contributed by atoms with van der Waals surface area (Å²) in [6.07, 6.45) is 0. The van der Waals surface area contributed by atoms with E-state index in [1.54, 1.807) is 17.0 Å². The van der Waals surface area contributed by atoms with E-state index in [-0.39, 0.29) is 17.5 Å². The van der Waals surface area contributed by atoms with Crippen molar-refractivity contribution in [1.82, 2.24) is 10.2 Å². The van der Waals surface area contributed by atoms with Gasteiger partial charge >= 0.3 is 0 Å². The molecule has 202 valence electrons.